The maximum atomic E-state index is 5.35. The molecule has 1 saturated carbocycles. The summed E-state index contributed by atoms with van der Waals surface area (Å²) in [5, 5.41) is 3.70. The summed E-state index contributed by atoms with van der Waals surface area (Å²) in [5.41, 5.74) is 1.29. The summed E-state index contributed by atoms with van der Waals surface area (Å²) in [5.74, 6) is 1.61. The van der Waals surface area contributed by atoms with Crippen LogP contribution < -0.4 is 14.8 Å². The molecule has 0 spiro atoms. The quantitative estimate of drug-likeness (QED) is 0.833. The molecule has 1 heterocycles. The van der Waals surface area contributed by atoms with Crippen LogP contribution in [0.1, 0.15) is 24.8 Å². The van der Waals surface area contributed by atoms with E-state index in [1.807, 2.05) is 6.07 Å². The second-order valence-corrected chi connectivity index (χ2v) is 6.11. The Kier molecular flexibility index (Phi) is 4.66. The highest BCUT2D eigenvalue weighted by Gasteiger charge is 2.33. The van der Waals surface area contributed by atoms with Crippen LogP contribution in [0, 0.1) is 0 Å². The summed E-state index contributed by atoms with van der Waals surface area (Å²) < 4.78 is 10.6. The highest BCUT2D eigenvalue weighted by atomic mass is 16.5. The van der Waals surface area contributed by atoms with Gasteiger partial charge in [0.25, 0.3) is 0 Å². The van der Waals surface area contributed by atoms with E-state index in [0.717, 1.165) is 30.5 Å². The number of hydrogen-bond donors (Lipinski definition) is 1. The minimum Gasteiger partial charge on any atom is -0.493 e. The number of methoxy groups -OCH3 is 2. The molecular formula is C17H26N2O2. The van der Waals surface area contributed by atoms with Gasteiger partial charge in [-0.05, 0) is 49.9 Å². The first kappa shape index (κ1) is 14.7. The molecule has 21 heavy (non-hydrogen) atoms. The first-order valence-electron chi connectivity index (χ1n) is 7.98. The normalized spacial score (nSPS) is 22.5. The number of ether oxygens (including phenoxy) is 2. The molecule has 2 aliphatic rings. The molecule has 0 amide bonds. The van der Waals surface area contributed by atoms with Crippen molar-refractivity contribution in [1.82, 2.24) is 10.2 Å². The van der Waals surface area contributed by atoms with Crippen LogP contribution in [0.4, 0.5) is 0 Å². The molecule has 1 aromatic rings. The van der Waals surface area contributed by atoms with Crippen molar-refractivity contribution in [3.8, 4) is 11.5 Å². The molecule has 3 rings (SSSR count). The fraction of sp³-hybridized carbons (Fsp3) is 0.647. The van der Waals surface area contributed by atoms with Crippen LogP contribution in [0.15, 0.2) is 18.2 Å². The fourth-order valence-electron chi connectivity index (χ4n) is 3.18. The van der Waals surface area contributed by atoms with Gasteiger partial charge < -0.3 is 14.8 Å². The standard InChI is InChI=1S/C17H26N2O2/c1-20-16-6-3-13(11-17(16)21-2)7-9-18-14-8-10-19(12-14)15-4-5-15/h3,6,11,14-15,18H,4-5,7-10,12H2,1-2H3. The Morgan fingerprint density at radius 2 is 1.95 bits per heavy atom. The third-order valence-corrected chi connectivity index (χ3v) is 4.58. The van der Waals surface area contributed by atoms with Gasteiger partial charge in [-0.3, -0.25) is 4.90 Å². The zero-order valence-corrected chi connectivity index (χ0v) is 13.1. The van der Waals surface area contributed by atoms with E-state index in [1.54, 1.807) is 14.2 Å². The average molecular weight is 290 g/mol. The summed E-state index contributed by atoms with van der Waals surface area (Å²) in [4.78, 5) is 2.65. The van der Waals surface area contributed by atoms with Crippen molar-refractivity contribution in [2.45, 2.75) is 37.8 Å². The lowest BCUT2D eigenvalue weighted by Gasteiger charge is -2.16. The van der Waals surface area contributed by atoms with Gasteiger partial charge in [0.1, 0.15) is 0 Å². The van der Waals surface area contributed by atoms with E-state index in [9.17, 15) is 0 Å². The second kappa shape index (κ2) is 6.67. The predicted molar refractivity (Wildman–Crippen MR) is 84.3 cm³/mol. The minimum absolute atomic E-state index is 0.672. The Morgan fingerprint density at radius 3 is 2.67 bits per heavy atom. The lowest BCUT2D eigenvalue weighted by molar-refractivity contribution is 0.318. The van der Waals surface area contributed by atoms with Gasteiger partial charge >= 0.3 is 0 Å². The van der Waals surface area contributed by atoms with Gasteiger partial charge in [-0.1, -0.05) is 6.07 Å². The lowest BCUT2D eigenvalue weighted by atomic mass is 10.1. The van der Waals surface area contributed by atoms with Crippen LogP contribution >= 0.6 is 0 Å². The Morgan fingerprint density at radius 1 is 1.14 bits per heavy atom. The number of benzene rings is 1. The zero-order chi connectivity index (χ0) is 14.7. The van der Waals surface area contributed by atoms with E-state index >= 15 is 0 Å². The number of nitrogens with one attached hydrogen (secondary N) is 1. The zero-order valence-electron chi connectivity index (χ0n) is 13.1. The predicted octanol–water partition coefficient (Wildman–Crippen LogP) is 2.07. The Bertz CT molecular complexity index is 474. The van der Waals surface area contributed by atoms with E-state index in [2.05, 4.69) is 22.3 Å². The van der Waals surface area contributed by atoms with E-state index in [1.165, 1.54) is 37.9 Å². The topological polar surface area (TPSA) is 33.7 Å². The van der Waals surface area contributed by atoms with Crippen molar-refractivity contribution >= 4 is 0 Å². The molecule has 0 aromatic heterocycles. The highest BCUT2D eigenvalue weighted by molar-refractivity contribution is 5.42. The van der Waals surface area contributed by atoms with Gasteiger partial charge in [-0.2, -0.15) is 0 Å². The molecule has 1 aromatic carbocycles. The molecule has 1 atom stereocenters. The van der Waals surface area contributed by atoms with Crippen LogP contribution in [0.2, 0.25) is 0 Å². The van der Waals surface area contributed by atoms with Crippen molar-refractivity contribution in [3.05, 3.63) is 23.8 Å². The van der Waals surface area contributed by atoms with Gasteiger partial charge in [0.05, 0.1) is 14.2 Å². The van der Waals surface area contributed by atoms with Crippen LogP contribution in [-0.2, 0) is 6.42 Å². The van der Waals surface area contributed by atoms with Crippen molar-refractivity contribution in [3.63, 3.8) is 0 Å². The second-order valence-electron chi connectivity index (χ2n) is 6.11. The molecule has 0 bridgehead atoms. The van der Waals surface area contributed by atoms with Gasteiger partial charge in [-0.25, -0.2) is 0 Å². The molecule has 1 aliphatic heterocycles. The highest BCUT2D eigenvalue weighted by Crippen LogP contribution is 2.30. The van der Waals surface area contributed by atoms with E-state index < -0.39 is 0 Å². The maximum absolute atomic E-state index is 5.35. The largest absolute Gasteiger partial charge is 0.493 e. The molecule has 0 radical (unpaired) electrons. The van der Waals surface area contributed by atoms with E-state index in [4.69, 9.17) is 9.47 Å². The molecule has 116 valence electrons. The number of hydrogen-bond acceptors (Lipinski definition) is 4. The van der Waals surface area contributed by atoms with Gasteiger partial charge in [0, 0.05) is 25.2 Å². The molecule has 1 saturated heterocycles. The molecule has 1 aliphatic carbocycles. The third-order valence-electron chi connectivity index (χ3n) is 4.58. The average Bonchev–Trinajstić information content (AvgIpc) is 3.27. The first-order valence-corrected chi connectivity index (χ1v) is 7.98. The smallest absolute Gasteiger partial charge is 0.160 e. The molecule has 2 fully saturated rings. The molecule has 4 nitrogen and oxygen atoms in total. The van der Waals surface area contributed by atoms with Crippen LogP contribution in [0.25, 0.3) is 0 Å². The van der Waals surface area contributed by atoms with Crippen LogP contribution in [-0.4, -0.2) is 50.8 Å². The van der Waals surface area contributed by atoms with E-state index in [-0.39, 0.29) is 0 Å². The summed E-state index contributed by atoms with van der Waals surface area (Å²) in [7, 11) is 3.36. The third kappa shape index (κ3) is 3.69. The van der Waals surface area contributed by atoms with Gasteiger partial charge in [-0.15, -0.1) is 0 Å². The van der Waals surface area contributed by atoms with Crippen LogP contribution in [0.5, 0.6) is 11.5 Å². The number of rotatable bonds is 7. The Labute approximate surface area is 127 Å². The number of likely N-dealkylation sites (tertiary alicyclic amines) is 1. The van der Waals surface area contributed by atoms with E-state index in [0.29, 0.717) is 6.04 Å². The van der Waals surface area contributed by atoms with Crippen molar-refractivity contribution in [2.24, 2.45) is 0 Å². The summed E-state index contributed by atoms with van der Waals surface area (Å²) >= 11 is 0. The first-order chi connectivity index (χ1) is 10.3. The molecule has 1 unspecified atom stereocenters. The Balaban J connectivity index is 1.44. The van der Waals surface area contributed by atoms with Crippen molar-refractivity contribution < 1.29 is 9.47 Å². The maximum Gasteiger partial charge on any atom is 0.160 e. The molecule has 4 heteroatoms. The minimum atomic E-state index is 0.672. The summed E-state index contributed by atoms with van der Waals surface area (Å²) in [6, 6.07) is 7.76. The number of nitrogens with zero attached hydrogens (tertiary/aromatic N) is 1. The van der Waals surface area contributed by atoms with Crippen molar-refractivity contribution in [2.75, 3.05) is 33.9 Å². The summed E-state index contributed by atoms with van der Waals surface area (Å²) in [6.45, 7) is 3.54. The summed E-state index contributed by atoms with van der Waals surface area (Å²) in [6.07, 6.45) is 5.15. The van der Waals surface area contributed by atoms with Gasteiger partial charge in [0.15, 0.2) is 11.5 Å². The fourth-order valence-corrected chi connectivity index (χ4v) is 3.18. The Hall–Kier alpha value is -1.26. The molecular weight excluding hydrogens is 264 g/mol. The van der Waals surface area contributed by atoms with Crippen molar-refractivity contribution in [1.29, 1.82) is 0 Å². The molecule has 1 N–H and O–H groups in total. The SMILES string of the molecule is COc1ccc(CCNC2CCN(C3CC3)C2)cc1OC. The van der Waals surface area contributed by atoms with Crippen LogP contribution in [0.3, 0.4) is 0 Å². The monoisotopic (exact) mass is 290 g/mol. The lowest BCUT2D eigenvalue weighted by Crippen LogP contribution is -2.34. The van der Waals surface area contributed by atoms with Gasteiger partial charge in [0.2, 0.25) is 0 Å².